The van der Waals surface area contributed by atoms with E-state index in [1.165, 1.54) is 0 Å². The number of thioether (sulfide) groups is 1. The molecule has 0 aliphatic carbocycles. The van der Waals surface area contributed by atoms with E-state index in [9.17, 15) is 9.90 Å². The van der Waals surface area contributed by atoms with Crippen molar-refractivity contribution in [1.82, 2.24) is 10.6 Å². The van der Waals surface area contributed by atoms with Crippen LogP contribution in [-0.2, 0) is 0 Å². The fraction of sp³-hybridized carbons (Fsp3) is 0.400. The Bertz CT molecular complexity index is 553. The minimum Gasteiger partial charge on any atom is -0.386 e. The molecule has 1 heterocycles. The summed E-state index contributed by atoms with van der Waals surface area (Å²) in [5.74, 6) is 1.03. The van der Waals surface area contributed by atoms with Crippen LogP contribution < -0.4 is 10.6 Å². The van der Waals surface area contributed by atoms with Gasteiger partial charge in [-0.3, -0.25) is 0 Å². The fourth-order valence-corrected chi connectivity index (χ4v) is 3.42. The Labute approximate surface area is 132 Å². The van der Waals surface area contributed by atoms with Crippen LogP contribution in [0.15, 0.2) is 30.3 Å². The number of benzene rings is 1. The zero-order valence-corrected chi connectivity index (χ0v) is 13.6. The van der Waals surface area contributed by atoms with Crippen molar-refractivity contribution in [3.63, 3.8) is 0 Å². The first kappa shape index (κ1) is 16.1. The summed E-state index contributed by atoms with van der Waals surface area (Å²) in [5, 5.41) is 16.7. The zero-order valence-electron chi connectivity index (χ0n) is 12.0. The number of carbonyl (C=O) groups excluding carboxylic acids is 1. The van der Waals surface area contributed by atoms with E-state index < -0.39 is 6.10 Å². The van der Waals surface area contributed by atoms with E-state index >= 15 is 0 Å². The number of fused-ring (bicyclic) bond motifs is 1. The Morgan fingerprint density at radius 1 is 1.38 bits per heavy atom. The Morgan fingerprint density at radius 3 is 2.95 bits per heavy atom. The number of aliphatic hydroxyl groups excluding tert-OH is 1. The second-order valence-electron chi connectivity index (χ2n) is 4.69. The van der Waals surface area contributed by atoms with Gasteiger partial charge < -0.3 is 15.7 Å². The molecule has 0 fully saturated rings. The highest BCUT2D eigenvalue weighted by molar-refractivity contribution is 7.98. The van der Waals surface area contributed by atoms with E-state index in [4.69, 9.17) is 0 Å². The van der Waals surface area contributed by atoms with Crippen LogP contribution in [0.2, 0.25) is 0 Å². The van der Waals surface area contributed by atoms with Crippen LogP contribution >= 0.6 is 23.1 Å². The van der Waals surface area contributed by atoms with E-state index in [1.54, 1.807) is 23.1 Å². The quantitative estimate of drug-likeness (QED) is 0.686. The molecule has 3 N–H and O–H groups in total. The number of carbonyl (C=O) groups is 1. The standard InChI is InChI=1S/C15H20N2O2S2/c1-20-8-4-7-16-15(19)17-10-12(18)14-9-11-5-2-3-6-13(11)21-14/h2-3,5-6,9,12,18H,4,7-8,10H2,1H3,(H2,16,17,19). The molecule has 1 unspecified atom stereocenters. The third kappa shape index (κ3) is 4.91. The molecule has 6 heteroatoms. The van der Waals surface area contributed by atoms with Crippen LogP contribution in [0.25, 0.3) is 10.1 Å². The van der Waals surface area contributed by atoms with Gasteiger partial charge in [-0.15, -0.1) is 11.3 Å². The monoisotopic (exact) mass is 324 g/mol. The number of hydrogen-bond donors (Lipinski definition) is 3. The number of aliphatic hydroxyl groups is 1. The van der Waals surface area contributed by atoms with Gasteiger partial charge in [0.15, 0.2) is 0 Å². The highest BCUT2D eigenvalue weighted by Crippen LogP contribution is 2.29. The number of hydrogen-bond acceptors (Lipinski definition) is 4. The molecule has 0 bridgehead atoms. The Balaban J connectivity index is 1.78. The fourth-order valence-electron chi connectivity index (χ4n) is 1.94. The molecule has 0 saturated heterocycles. The number of amides is 2. The van der Waals surface area contributed by atoms with Gasteiger partial charge >= 0.3 is 6.03 Å². The zero-order chi connectivity index (χ0) is 15.1. The molecule has 1 atom stereocenters. The van der Waals surface area contributed by atoms with Gasteiger partial charge in [0.25, 0.3) is 0 Å². The molecule has 0 aliphatic heterocycles. The number of thiophene rings is 1. The number of rotatable bonds is 7. The van der Waals surface area contributed by atoms with Crippen LogP contribution in [0.5, 0.6) is 0 Å². The molecule has 2 rings (SSSR count). The van der Waals surface area contributed by atoms with Crippen LogP contribution in [0.3, 0.4) is 0 Å². The smallest absolute Gasteiger partial charge is 0.314 e. The van der Waals surface area contributed by atoms with Crippen LogP contribution in [0.1, 0.15) is 17.4 Å². The van der Waals surface area contributed by atoms with Crippen molar-refractivity contribution in [2.24, 2.45) is 0 Å². The van der Waals surface area contributed by atoms with Crippen molar-refractivity contribution >= 4 is 39.2 Å². The molecule has 0 radical (unpaired) electrons. The van der Waals surface area contributed by atoms with E-state index in [-0.39, 0.29) is 12.6 Å². The topological polar surface area (TPSA) is 61.4 Å². The van der Waals surface area contributed by atoms with Gasteiger partial charge in [-0.05, 0) is 35.9 Å². The first-order valence-electron chi connectivity index (χ1n) is 6.88. The maximum atomic E-state index is 11.6. The summed E-state index contributed by atoms with van der Waals surface area (Å²) >= 11 is 3.32. The summed E-state index contributed by atoms with van der Waals surface area (Å²) < 4.78 is 1.15. The van der Waals surface area contributed by atoms with Gasteiger partial charge in [-0.25, -0.2) is 4.79 Å². The average molecular weight is 324 g/mol. The molecule has 114 valence electrons. The molecule has 1 aromatic heterocycles. The number of urea groups is 1. The van der Waals surface area contributed by atoms with Gasteiger partial charge in [0, 0.05) is 16.1 Å². The maximum absolute atomic E-state index is 11.6. The summed E-state index contributed by atoms with van der Waals surface area (Å²) in [7, 11) is 0. The Kier molecular flexibility index (Phi) is 6.35. The molecular formula is C15H20N2O2S2. The van der Waals surface area contributed by atoms with Crippen LogP contribution in [0.4, 0.5) is 4.79 Å². The highest BCUT2D eigenvalue weighted by Gasteiger charge is 2.12. The van der Waals surface area contributed by atoms with Gasteiger partial charge in [-0.1, -0.05) is 18.2 Å². The van der Waals surface area contributed by atoms with Crippen molar-refractivity contribution < 1.29 is 9.90 Å². The van der Waals surface area contributed by atoms with Crippen molar-refractivity contribution in [2.75, 3.05) is 25.1 Å². The maximum Gasteiger partial charge on any atom is 0.314 e. The van der Waals surface area contributed by atoms with Crippen LogP contribution in [-0.4, -0.2) is 36.2 Å². The van der Waals surface area contributed by atoms with Crippen molar-refractivity contribution in [3.05, 3.63) is 35.2 Å². The van der Waals surface area contributed by atoms with Crippen molar-refractivity contribution in [3.8, 4) is 0 Å². The molecule has 4 nitrogen and oxygen atoms in total. The molecular weight excluding hydrogens is 304 g/mol. The Hall–Kier alpha value is -1.24. The molecule has 2 amide bonds. The second-order valence-corrected chi connectivity index (χ2v) is 6.79. The third-order valence-corrected chi connectivity index (χ3v) is 4.95. The van der Waals surface area contributed by atoms with E-state index in [0.717, 1.165) is 27.1 Å². The molecule has 21 heavy (non-hydrogen) atoms. The predicted molar refractivity (Wildman–Crippen MR) is 91.2 cm³/mol. The van der Waals surface area contributed by atoms with Gasteiger partial charge in [0.2, 0.25) is 0 Å². The lowest BCUT2D eigenvalue weighted by atomic mass is 10.2. The van der Waals surface area contributed by atoms with Crippen molar-refractivity contribution in [1.29, 1.82) is 0 Å². The molecule has 1 aromatic carbocycles. The summed E-state index contributed by atoms with van der Waals surface area (Å²) in [6.07, 6.45) is 2.33. The first-order chi connectivity index (χ1) is 10.2. The summed E-state index contributed by atoms with van der Waals surface area (Å²) in [5.41, 5.74) is 0. The predicted octanol–water partition coefficient (Wildman–Crippen LogP) is 2.99. The minimum absolute atomic E-state index is 0.223. The highest BCUT2D eigenvalue weighted by atomic mass is 32.2. The molecule has 0 aliphatic rings. The van der Waals surface area contributed by atoms with Crippen molar-refractivity contribution in [2.45, 2.75) is 12.5 Å². The van der Waals surface area contributed by atoms with Gasteiger partial charge in [-0.2, -0.15) is 11.8 Å². The number of nitrogens with one attached hydrogen (secondary N) is 2. The lowest BCUT2D eigenvalue weighted by Gasteiger charge is -2.11. The van der Waals surface area contributed by atoms with E-state index in [2.05, 4.69) is 10.6 Å². The molecule has 0 spiro atoms. The summed E-state index contributed by atoms with van der Waals surface area (Å²) in [6, 6.07) is 9.76. The molecule has 2 aromatic rings. The lowest BCUT2D eigenvalue weighted by Crippen LogP contribution is -2.38. The third-order valence-electron chi connectivity index (χ3n) is 3.04. The molecule has 0 saturated carbocycles. The van der Waals surface area contributed by atoms with Crippen LogP contribution in [0, 0.1) is 0 Å². The van der Waals surface area contributed by atoms with Gasteiger partial charge in [0.1, 0.15) is 6.10 Å². The lowest BCUT2D eigenvalue weighted by molar-refractivity contribution is 0.176. The minimum atomic E-state index is -0.667. The normalized spacial score (nSPS) is 12.3. The summed E-state index contributed by atoms with van der Waals surface area (Å²) in [6.45, 7) is 0.882. The second kappa shape index (κ2) is 8.26. The van der Waals surface area contributed by atoms with E-state index in [0.29, 0.717) is 6.54 Å². The average Bonchev–Trinajstić information content (AvgIpc) is 2.93. The Morgan fingerprint density at radius 2 is 2.19 bits per heavy atom. The summed E-state index contributed by atoms with van der Waals surface area (Å²) in [4.78, 5) is 12.5. The van der Waals surface area contributed by atoms with E-state index in [1.807, 2.05) is 36.6 Å². The van der Waals surface area contributed by atoms with Gasteiger partial charge in [0.05, 0.1) is 6.54 Å². The SMILES string of the molecule is CSCCCNC(=O)NCC(O)c1cc2ccccc2s1. The first-order valence-corrected chi connectivity index (χ1v) is 9.09. The largest absolute Gasteiger partial charge is 0.386 e.